The van der Waals surface area contributed by atoms with Crippen molar-refractivity contribution in [2.75, 3.05) is 5.33 Å². The van der Waals surface area contributed by atoms with Crippen LogP contribution in [-0.2, 0) is 6.42 Å². The van der Waals surface area contributed by atoms with Gasteiger partial charge in [0.2, 0.25) is 5.91 Å². The number of carbonyl (C=O) groups is 1. The molecule has 2 nitrogen and oxygen atoms in total. The van der Waals surface area contributed by atoms with E-state index in [9.17, 15) is 4.79 Å². The van der Waals surface area contributed by atoms with Gasteiger partial charge in [0.05, 0.1) is 13.6 Å². The summed E-state index contributed by atoms with van der Waals surface area (Å²) in [5.41, 5.74) is 7.35. The molecule has 15 heavy (non-hydrogen) atoms. The molecule has 5 heteroatoms. The van der Waals surface area contributed by atoms with E-state index < -0.39 is 8.07 Å². The van der Waals surface area contributed by atoms with Gasteiger partial charge < -0.3 is 5.73 Å². The Bertz CT molecular complexity index is 370. The monoisotopic (exact) mass is 305 g/mol. The first-order valence-corrected chi connectivity index (χ1v) is 10.3. The molecule has 1 heterocycles. The number of halogens is 1. The summed E-state index contributed by atoms with van der Waals surface area (Å²) in [5.74, 6) is -0.273. The topological polar surface area (TPSA) is 43.1 Å². The Morgan fingerprint density at radius 1 is 1.53 bits per heavy atom. The van der Waals surface area contributed by atoms with Crippen LogP contribution in [0.4, 0.5) is 0 Å². The fourth-order valence-corrected chi connectivity index (χ4v) is 5.40. The number of amides is 1. The molecule has 1 aromatic heterocycles. The highest BCUT2D eigenvalue weighted by molar-refractivity contribution is 9.09. The average molecular weight is 306 g/mol. The van der Waals surface area contributed by atoms with Crippen LogP contribution in [0.2, 0.25) is 19.6 Å². The molecule has 0 spiro atoms. The standard InChI is InChI=1S/C10H16BrNOSSi/c1-15(2,3)10-8(9(12)13)7(4-5-11)6-14-10/h6H,4-5H2,1-3H3,(H2,12,13). The minimum Gasteiger partial charge on any atom is -0.366 e. The van der Waals surface area contributed by atoms with Crippen molar-refractivity contribution in [3.8, 4) is 0 Å². The lowest BCUT2D eigenvalue weighted by molar-refractivity contribution is 0.100. The highest BCUT2D eigenvalue weighted by Crippen LogP contribution is 2.19. The number of hydrogen-bond acceptors (Lipinski definition) is 2. The normalized spacial score (nSPS) is 11.7. The largest absolute Gasteiger partial charge is 0.366 e. The van der Waals surface area contributed by atoms with E-state index >= 15 is 0 Å². The Balaban J connectivity index is 3.24. The van der Waals surface area contributed by atoms with E-state index in [-0.39, 0.29) is 5.91 Å². The maximum atomic E-state index is 11.5. The number of primary amides is 1. The zero-order valence-electron chi connectivity index (χ0n) is 9.26. The molecule has 0 aliphatic carbocycles. The lowest BCUT2D eigenvalue weighted by Gasteiger charge is -2.15. The molecule has 0 aliphatic heterocycles. The minimum atomic E-state index is -1.45. The van der Waals surface area contributed by atoms with Gasteiger partial charge in [-0.2, -0.15) is 11.3 Å². The number of nitrogens with two attached hydrogens (primary N) is 1. The molecule has 1 rings (SSSR count). The van der Waals surface area contributed by atoms with Crippen molar-refractivity contribution in [3.05, 3.63) is 16.5 Å². The Morgan fingerprint density at radius 3 is 2.53 bits per heavy atom. The average Bonchev–Trinajstić information content (AvgIpc) is 2.47. The summed E-state index contributed by atoms with van der Waals surface area (Å²) in [4.78, 5) is 11.5. The Labute approximate surface area is 104 Å². The Hall–Kier alpha value is -0.133. The third kappa shape index (κ3) is 2.92. The fraction of sp³-hybridized carbons (Fsp3) is 0.500. The Morgan fingerprint density at radius 2 is 2.13 bits per heavy atom. The molecular formula is C10H16BrNOSSi. The van der Waals surface area contributed by atoms with Crippen molar-refractivity contribution < 1.29 is 4.79 Å². The molecule has 2 N–H and O–H groups in total. The molecule has 84 valence electrons. The molecule has 0 aliphatic rings. The van der Waals surface area contributed by atoms with Crippen molar-refractivity contribution in [1.29, 1.82) is 0 Å². The summed E-state index contributed by atoms with van der Waals surface area (Å²) < 4.78 is 1.23. The molecule has 0 unspecified atom stereocenters. The second-order valence-electron chi connectivity index (χ2n) is 4.52. The minimum absolute atomic E-state index is 0.273. The van der Waals surface area contributed by atoms with E-state index in [0.29, 0.717) is 0 Å². The van der Waals surface area contributed by atoms with E-state index in [1.165, 1.54) is 4.50 Å². The van der Waals surface area contributed by atoms with Gasteiger partial charge in [-0.25, -0.2) is 0 Å². The van der Waals surface area contributed by atoms with E-state index in [0.717, 1.165) is 22.9 Å². The Kier molecular flexibility index (Phi) is 4.14. The zero-order chi connectivity index (χ0) is 11.6. The number of alkyl halides is 1. The molecule has 0 bridgehead atoms. The van der Waals surface area contributed by atoms with E-state index in [1.54, 1.807) is 11.3 Å². The van der Waals surface area contributed by atoms with E-state index in [2.05, 4.69) is 41.0 Å². The van der Waals surface area contributed by atoms with Crippen LogP contribution in [0.15, 0.2) is 5.38 Å². The van der Waals surface area contributed by atoms with Crippen LogP contribution >= 0.6 is 27.3 Å². The van der Waals surface area contributed by atoms with Gasteiger partial charge >= 0.3 is 0 Å². The molecular weight excluding hydrogens is 290 g/mol. The first-order chi connectivity index (χ1) is 6.88. The van der Waals surface area contributed by atoms with Crippen molar-refractivity contribution >= 4 is 45.7 Å². The first kappa shape index (κ1) is 12.9. The van der Waals surface area contributed by atoms with Crippen LogP contribution < -0.4 is 10.2 Å². The summed E-state index contributed by atoms with van der Waals surface area (Å²) in [6.45, 7) is 6.72. The van der Waals surface area contributed by atoms with Crippen LogP contribution in [-0.4, -0.2) is 19.3 Å². The zero-order valence-corrected chi connectivity index (χ0v) is 12.7. The van der Waals surface area contributed by atoms with Crippen molar-refractivity contribution in [2.24, 2.45) is 5.73 Å². The van der Waals surface area contributed by atoms with Crippen molar-refractivity contribution in [2.45, 2.75) is 26.1 Å². The number of aryl methyl sites for hydroxylation is 1. The van der Waals surface area contributed by atoms with Gasteiger partial charge in [0.25, 0.3) is 0 Å². The predicted molar refractivity (Wildman–Crippen MR) is 73.3 cm³/mol. The molecule has 1 amide bonds. The second-order valence-corrected chi connectivity index (χ2v) is 11.6. The molecule has 1 aromatic rings. The highest BCUT2D eigenvalue weighted by Gasteiger charge is 2.26. The lowest BCUT2D eigenvalue weighted by Crippen LogP contribution is -2.40. The summed E-state index contributed by atoms with van der Waals surface area (Å²) in [6, 6.07) is 0. The third-order valence-electron chi connectivity index (χ3n) is 2.16. The smallest absolute Gasteiger partial charge is 0.249 e. The lowest BCUT2D eigenvalue weighted by atomic mass is 10.1. The van der Waals surface area contributed by atoms with Gasteiger partial charge in [0.15, 0.2) is 0 Å². The molecule has 0 aromatic carbocycles. The van der Waals surface area contributed by atoms with Crippen LogP contribution in [0.5, 0.6) is 0 Å². The SMILES string of the molecule is C[Si](C)(C)c1scc(CCBr)c1C(N)=O. The maximum absolute atomic E-state index is 11.5. The van der Waals surface area contributed by atoms with Gasteiger partial charge in [-0.15, -0.1) is 0 Å². The molecule has 0 saturated heterocycles. The first-order valence-electron chi connectivity index (χ1n) is 4.84. The summed E-state index contributed by atoms with van der Waals surface area (Å²) in [5, 5.41) is 2.95. The van der Waals surface area contributed by atoms with Crippen LogP contribution in [0.3, 0.4) is 0 Å². The molecule has 0 radical (unpaired) electrons. The number of thiophene rings is 1. The third-order valence-corrected chi connectivity index (χ3v) is 7.20. The quantitative estimate of drug-likeness (QED) is 0.673. The fourth-order valence-electron chi connectivity index (χ4n) is 1.50. The molecule has 0 saturated carbocycles. The van der Waals surface area contributed by atoms with Gasteiger partial charge in [-0.1, -0.05) is 35.6 Å². The van der Waals surface area contributed by atoms with Gasteiger partial charge in [0, 0.05) is 9.83 Å². The van der Waals surface area contributed by atoms with Crippen LogP contribution in [0.1, 0.15) is 15.9 Å². The molecule has 0 atom stereocenters. The predicted octanol–water partition coefficient (Wildman–Crippen LogP) is 2.33. The highest BCUT2D eigenvalue weighted by atomic mass is 79.9. The summed E-state index contributed by atoms with van der Waals surface area (Å²) in [7, 11) is -1.45. The van der Waals surface area contributed by atoms with Crippen LogP contribution in [0.25, 0.3) is 0 Å². The summed E-state index contributed by atoms with van der Waals surface area (Å²) >= 11 is 5.08. The van der Waals surface area contributed by atoms with Gasteiger partial charge in [-0.05, 0) is 17.4 Å². The number of carbonyl (C=O) groups excluding carboxylic acids is 1. The van der Waals surface area contributed by atoms with Crippen molar-refractivity contribution in [3.63, 3.8) is 0 Å². The second kappa shape index (κ2) is 4.80. The number of hydrogen-bond donors (Lipinski definition) is 1. The van der Waals surface area contributed by atoms with Crippen molar-refractivity contribution in [1.82, 2.24) is 0 Å². The summed E-state index contributed by atoms with van der Waals surface area (Å²) in [6.07, 6.45) is 0.874. The number of rotatable bonds is 4. The van der Waals surface area contributed by atoms with Gasteiger partial charge in [-0.3, -0.25) is 4.79 Å². The maximum Gasteiger partial charge on any atom is 0.249 e. The molecule has 0 fully saturated rings. The van der Waals surface area contributed by atoms with E-state index in [1.807, 2.05) is 0 Å². The van der Waals surface area contributed by atoms with Gasteiger partial charge in [0.1, 0.15) is 0 Å². The van der Waals surface area contributed by atoms with Crippen LogP contribution in [0, 0.1) is 0 Å². The van der Waals surface area contributed by atoms with E-state index in [4.69, 9.17) is 5.73 Å².